The Morgan fingerprint density at radius 2 is 1.39 bits per heavy atom. The Morgan fingerprint density at radius 1 is 0.727 bits per heavy atom. The summed E-state index contributed by atoms with van der Waals surface area (Å²) in [6.45, 7) is 9.33. The van der Waals surface area contributed by atoms with Gasteiger partial charge in [0.25, 0.3) is 0 Å². The highest BCUT2D eigenvalue weighted by Crippen LogP contribution is 2.44. The molecule has 0 saturated heterocycles. The summed E-state index contributed by atoms with van der Waals surface area (Å²) in [6.07, 6.45) is 36.9. The number of unbranched alkanes of at least 4 members (excludes halogenated alkanes) is 2. The van der Waals surface area contributed by atoms with Crippen LogP contribution in [0.4, 0.5) is 0 Å². The summed E-state index contributed by atoms with van der Waals surface area (Å²) in [6, 6.07) is 0. The van der Waals surface area contributed by atoms with Gasteiger partial charge < -0.3 is 0 Å². The van der Waals surface area contributed by atoms with Crippen molar-refractivity contribution in [2.75, 3.05) is 0 Å². The molecule has 0 amide bonds. The molecule has 0 heteroatoms. The second-order valence-electron chi connectivity index (χ2n) is 12.0. The van der Waals surface area contributed by atoms with E-state index in [2.05, 4.69) is 38.2 Å². The van der Waals surface area contributed by atoms with Crippen LogP contribution >= 0.6 is 0 Å². The lowest BCUT2D eigenvalue weighted by molar-refractivity contribution is 0.215. The van der Waals surface area contributed by atoms with Crippen LogP contribution in [0.5, 0.6) is 0 Å². The van der Waals surface area contributed by atoms with E-state index in [0.29, 0.717) is 0 Å². The van der Waals surface area contributed by atoms with Crippen molar-refractivity contribution in [3.63, 3.8) is 0 Å². The van der Waals surface area contributed by atoms with E-state index in [-0.39, 0.29) is 0 Å². The minimum absolute atomic E-state index is 0.828. The summed E-state index contributed by atoms with van der Waals surface area (Å²) in [5.74, 6) is 5.30. The molecule has 3 rings (SSSR count). The van der Waals surface area contributed by atoms with Gasteiger partial charge in [0.2, 0.25) is 0 Å². The van der Waals surface area contributed by atoms with Gasteiger partial charge in [0, 0.05) is 0 Å². The first-order chi connectivity index (χ1) is 16.2. The summed E-state index contributed by atoms with van der Waals surface area (Å²) in [5.41, 5.74) is 1.68. The molecule has 2 unspecified atom stereocenters. The van der Waals surface area contributed by atoms with Crippen LogP contribution in [0.25, 0.3) is 0 Å². The number of rotatable bonds is 12. The fourth-order valence-electron chi connectivity index (χ4n) is 7.31. The van der Waals surface area contributed by atoms with Gasteiger partial charge in [-0.2, -0.15) is 0 Å². The van der Waals surface area contributed by atoms with Crippen LogP contribution in [0, 0.1) is 35.5 Å². The second-order valence-corrected chi connectivity index (χ2v) is 12.0. The van der Waals surface area contributed by atoms with Crippen molar-refractivity contribution in [2.24, 2.45) is 35.5 Å². The Hall–Kier alpha value is -0.780. The van der Waals surface area contributed by atoms with Gasteiger partial charge in [-0.15, -0.1) is 0 Å². The highest BCUT2D eigenvalue weighted by atomic mass is 14.4. The van der Waals surface area contributed by atoms with Crippen LogP contribution < -0.4 is 0 Å². The average molecular weight is 453 g/mol. The van der Waals surface area contributed by atoms with Crippen molar-refractivity contribution >= 4 is 0 Å². The van der Waals surface area contributed by atoms with E-state index in [1.54, 1.807) is 5.57 Å². The lowest BCUT2D eigenvalue weighted by Gasteiger charge is -2.38. The molecule has 0 aromatic heterocycles. The Balaban J connectivity index is 1.38. The van der Waals surface area contributed by atoms with Crippen LogP contribution in [0.1, 0.15) is 136 Å². The first kappa shape index (κ1) is 26.8. The second kappa shape index (κ2) is 15.3. The molecule has 3 aliphatic carbocycles. The van der Waals surface area contributed by atoms with E-state index in [4.69, 9.17) is 6.58 Å². The fourth-order valence-corrected chi connectivity index (χ4v) is 7.31. The summed E-state index contributed by atoms with van der Waals surface area (Å²) in [7, 11) is 0. The van der Waals surface area contributed by atoms with Gasteiger partial charge in [-0.1, -0.05) is 88.8 Å². The Bertz CT molecular complexity index is 579. The van der Waals surface area contributed by atoms with Gasteiger partial charge in [-0.25, -0.2) is 0 Å². The van der Waals surface area contributed by atoms with Gasteiger partial charge in [0.05, 0.1) is 0 Å². The zero-order valence-electron chi connectivity index (χ0n) is 22.4. The maximum absolute atomic E-state index is 4.76. The lowest BCUT2D eigenvalue weighted by Crippen LogP contribution is -2.26. The van der Waals surface area contributed by atoms with Crippen LogP contribution in [-0.2, 0) is 0 Å². The Kier molecular flexibility index (Phi) is 12.4. The summed E-state index contributed by atoms with van der Waals surface area (Å²) >= 11 is 0. The van der Waals surface area contributed by atoms with E-state index in [9.17, 15) is 0 Å². The molecule has 3 saturated carbocycles. The maximum atomic E-state index is 4.76. The standard InChI is InChI=1S/C33H56/c1-4-6-8-14-30-23-25-31(26-24-30)27(3)33-18-12-11-17-32(33)16-10-9-15-29-21-19-28(20-22-29)13-7-5-2/h7,9,13,15,28-33H,3-6,8,10-12,14,16-26H2,1-2H3/b13-7+,15-9+. The fraction of sp³-hybridized carbons (Fsp3) is 0.818. The van der Waals surface area contributed by atoms with E-state index in [1.165, 1.54) is 122 Å². The normalized spacial score (nSPS) is 33.6. The average Bonchev–Trinajstić information content (AvgIpc) is 2.86. The number of hydrogen-bond acceptors (Lipinski definition) is 0. The first-order valence-corrected chi connectivity index (χ1v) is 15.2. The monoisotopic (exact) mass is 452 g/mol. The van der Waals surface area contributed by atoms with Gasteiger partial charge in [-0.3, -0.25) is 0 Å². The van der Waals surface area contributed by atoms with Crippen LogP contribution in [0.3, 0.4) is 0 Å². The summed E-state index contributed by atoms with van der Waals surface area (Å²) < 4.78 is 0. The maximum Gasteiger partial charge on any atom is -0.0175 e. The Labute approximate surface area is 207 Å². The molecule has 0 heterocycles. The third kappa shape index (κ3) is 9.07. The number of hydrogen-bond donors (Lipinski definition) is 0. The van der Waals surface area contributed by atoms with Gasteiger partial charge >= 0.3 is 0 Å². The van der Waals surface area contributed by atoms with Gasteiger partial charge in [0.1, 0.15) is 0 Å². The molecule has 0 aromatic rings. The lowest BCUT2D eigenvalue weighted by atomic mass is 9.67. The molecular weight excluding hydrogens is 396 g/mol. The summed E-state index contributed by atoms with van der Waals surface area (Å²) in [4.78, 5) is 0. The zero-order valence-corrected chi connectivity index (χ0v) is 22.4. The molecule has 0 spiro atoms. The third-order valence-electron chi connectivity index (χ3n) is 9.55. The molecule has 188 valence electrons. The van der Waals surface area contributed by atoms with Crippen molar-refractivity contribution in [1.82, 2.24) is 0 Å². The van der Waals surface area contributed by atoms with Gasteiger partial charge in [-0.05, 0) is 119 Å². The van der Waals surface area contributed by atoms with E-state index < -0.39 is 0 Å². The predicted octanol–water partition coefficient (Wildman–Crippen LogP) is 10.8. The van der Waals surface area contributed by atoms with Crippen molar-refractivity contribution in [3.8, 4) is 0 Å². The molecule has 0 aromatic carbocycles. The van der Waals surface area contributed by atoms with E-state index in [1.807, 2.05) is 0 Å². The molecule has 3 fully saturated rings. The Morgan fingerprint density at radius 3 is 2.06 bits per heavy atom. The minimum atomic E-state index is 0.828. The van der Waals surface area contributed by atoms with Crippen molar-refractivity contribution in [2.45, 2.75) is 136 Å². The highest BCUT2D eigenvalue weighted by molar-refractivity contribution is 5.10. The molecular formula is C33H56. The smallest absolute Gasteiger partial charge is 0.0175 e. The SMILES string of the molecule is C=C(C1CCC(CCCCC)CC1)C1CCCCC1CC/C=C/C1CCC(/C=C/CC)CC1. The van der Waals surface area contributed by atoms with Crippen molar-refractivity contribution < 1.29 is 0 Å². The van der Waals surface area contributed by atoms with E-state index in [0.717, 1.165) is 35.5 Å². The topological polar surface area (TPSA) is 0 Å². The predicted molar refractivity (Wildman–Crippen MR) is 147 cm³/mol. The van der Waals surface area contributed by atoms with Crippen molar-refractivity contribution in [3.05, 3.63) is 36.5 Å². The molecule has 0 radical (unpaired) electrons. The van der Waals surface area contributed by atoms with Crippen LogP contribution in [0.2, 0.25) is 0 Å². The molecule has 0 nitrogen and oxygen atoms in total. The number of allylic oxidation sites excluding steroid dienone is 5. The molecule has 0 bridgehead atoms. The largest absolute Gasteiger partial charge is 0.0993 e. The summed E-state index contributed by atoms with van der Waals surface area (Å²) in [5, 5.41) is 0. The third-order valence-corrected chi connectivity index (χ3v) is 9.55. The van der Waals surface area contributed by atoms with Crippen LogP contribution in [0.15, 0.2) is 36.5 Å². The highest BCUT2D eigenvalue weighted by Gasteiger charge is 2.32. The molecule has 0 N–H and O–H groups in total. The van der Waals surface area contributed by atoms with Gasteiger partial charge in [0.15, 0.2) is 0 Å². The van der Waals surface area contributed by atoms with Crippen LogP contribution in [-0.4, -0.2) is 0 Å². The molecule has 0 aliphatic heterocycles. The molecule has 2 atom stereocenters. The van der Waals surface area contributed by atoms with Crippen molar-refractivity contribution in [1.29, 1.82) is 0 Å². The zero-order chi connectivity index (χ0) is 23.3. The van der Waals surface area contributed by atoms with E-state index >= 15 is 0 Å². The quantitative estimate of drug-likeness (QED) is 0.204. The minimum Gasteiger partial charge on any atom is -0.0993 e. The molecule has 3 aliphatic rings. The molecule has 33 heavy (non-hydrogen) atoms. The first-order valence-electron chi connectivity index (χ1n) is 15.2.